The van der Waals surface area contributed by atoms with Gasteiger partial charge in [0.05, 0.1) is 19.1 Å². The van der Waals surface area contributed by atoms with Gasteiger partial charge in [0.1, 0.15) is 0 Å². The molecule has 158 valence electrons. The van der Waals surface area contributed by atoms with Crippen LogP contribution in [-0.2, 0) is 19.1 Å². The van der Waals surface area contributed by atoms with Gasteiger partial charge < -0.3 is 25.4 Å². The van der Waals surface area contributed by atoms with Gasteiger partial charge in [0.2, 0.25) is 5.91 Å². The van der Waals surface area contributed by atoms with Crippen molar-refractivity contribution in [2.75, 3.05) is 25.1 Å². The molecule has 1 atom stereocenters. The first-order chi connectivity index (χ1) is 14.0. The Balaban J connectivity index is 1.71. The molecular formula is C20H27N3O5S. The van der Waals surface area contributed by atoms with Gasteiger partial charge in [0.25, 0.3) is 5.91 Å². The van der Waals surface area contributed by atoms with Crippen LogP contribution < -0.4 is 16.0 Å². The number of anilines is 1. The van der Waals surface area contributed by atoms with Crippen LogP contribution in [0.2, 0.25) is 0 Å². The summed E-state index contributed by atoms with van der Waals surface area (Å²) in [5.74, 6) is -0.951. The standard InChI is InChI=1S/C20H27N3O5S/c1-2-11-28-18(25)10-9-17(24)23-20(29)22-15-7-5-14(6-8-15)19(26)21-13-16-4-3-12-27-16/h5-8,16H,2-4,9-13H2,1H3,(H,21,26)(H2,22,23,24,29). The monoisotopic (exact) mass is 421 g/mol. The highest BCUT2D eigenvalue weighted by atomic mass is 32.1. The van der Waals surface area contributed by atoms with Gasteiger partial charge in [0.15, 0.2) is 5.11 Å². The highest BCUT2D eigenvalue weighted by Crippen LogP contribution is 2.12. The van der Waals surface area contributed by atoms with E-state index < -0.39 is 5.97 Å². The van der Waals surface area contributed by atoms with Gasteiger partial charge in [-0.05, 0) is 55.7 Å². The molecule has 29 heavy (non-hydrogen) atoms. The summed E-state index contributed by atoms with van der Waals surface area (Å²) in [7, 11) is 0. The molecule has 1 fully saturated rings. The molecule has 1 saturated heterocycles. The van der Waals surface area contributed by atoms with Gasteiger partial charge >= 0.3 is 5.97 Å². The number of hydrogen-bond acceptors (Lipinski definition) is 6. The second-order valence-electron chi connectivity index (χ2n) is 6.65. The fraction of sp³-hybridized carbons (Fsp3) is 0.500. The van der Waals surface area contributed by atoms with E-state index in [2.05, 4.69) is 16.0 Å². The van der Waals surface area contributed by atoms with Crippen LogP contribution in [0.15, 0.2) is 24.3 Å². The first-order valence-corrected chi connectivity index (χ1v) is 10.1. The third-order valence-electron chi connectivity index (χ3n) is 4.20. The maximum Gasteiger partial charge on any atom is 0.306 e. The molecular weight excluding hydrogens is 394 g/mol. The molecule has 2 amide bonds. The zero-order valence-corrected chi connectivity index (χ0v) is 17.3. The third kappa shape index (κ3) is 8.57. The van der Waals surface area contributed by atoms with Gasteiger partial charge in [0, 0.05) is 30.8 Å². The van der Waals surface area contributed by atoms with Crippen LogP contribution in [0.5, 0.6) is 0 Å². The average molecular weight is 422 g/mol. The normalized spacial score (nSPS) is 15.4. The van der Waals surface area contributed by atoms with Crippen LogP contribution >= 0.6 is 12.2 Å². The first kappa shape index (κ1) is 22.8. The topological polar surface area (TPSA) is 106 Å². The number of esters is 1. The average Bonchev–Trinajstić information content (AvgIpc) is 3.23. The fourth-order valence-electron chi connectivity index (χ4n) is 2.67. The molecule has 0 saturated carbocycles. The molecule has 1 aliphatic rings. The molecule has 0 aliphatic carbocycles. The summed E-state index contributed by atoms with van der Waals surface area (Å²) in [6, 6.07) is 6.73. The number of rotatable bonds is 9. The van der Waals surface area contributed by atoms with Crippen LogP contribution in [0.3, 0.4) is 0 Å². The maximum atomic E-state index is 12.2. The second kappa shape index (κ2) is 12.1. The molecule has 8 nitrogen and oxygen atoms in total. The molecule has 1 unspecified atom stereocenters. The van der Waals surface area contributed by atoms with Gasteiger partial charge in [-0.15, -0.1) is 0 Å². The van der Waals surface area contributed by atoms with Gasteiger partial charge in [-0.3, -0.25) is 14.4 Å². The van der Waals surface area contributed by atoms with Crippen molar-refractivity contribution >= 4 is 40.8 Å². The lowest BCUT2D eigenvalue weighted by Gasteiger charge is -2.12. The first-order valence-electron chi connectivity index (χ1n) is 9.74. The molecule has 0 spiro atoms. The SMILES string of the molecule is CCCOC(=O)CCC(=O)NC(=S)Nc1ccc(C(=O)NCC2CCCO2)cc1. The number of benzene rings is 1. The predicted molar refractivity (Wildman–Crippen MR) is 113 cm³/mol. The molecule has 1 aromatic carbocycles. The Morgan fingerprint density at radius 1 is 1.21 bits per heavy atom. The molecule has 1 aromatic rings. The maximum absolute atomic E-state index is 12.2. The summed E-state index contributed by atoms with van der Waals surface area (Å²) < 4.78 is 10.4. The van der Waals surface area contributed by atoms with Gasteiger partial charge in [-0.1, -0.05) is 6.92 Å². The molecule has 1 heterocycles. The van der Waals surface area contributed by atoms with Crippen molar-refractivity contribution in [3.8, 4) is 0 Å². The molecule has 0 radical (unpaired) electrons. The van der Waals surface area contributed by atoms with Crippen molar-refractivity contribution < 1.29 is 23.9 Å². The minimum atomic E-state index is -0.408. The Bertz CT molecular complexity index is 717. The van der Waals surface area contributed by atoms with Crippen molar-refractivity contribution in [3.05, 3.63) is 29.8 Å². The highest BCUT2D eigenvalue weighted by molar-refractivity contribution is 7.80. The predicted octanol–water partition coefficient (Wildman–Crippen LogP) is 2.14. The molecule has 3 N–H and O–H groups in total. The molecule has 1 aliphatic heterocycles. The fourth-order valence-corrected chi connectivity index (χ4v) is 2.91. The largest absolute Gasteiger partial charge is 0.466 e. The Morgan fingerprint density at radius 2 is 1.97 bits per heavy atom. The number of ether oxygens (including phenoxy) is 2. The van der Waals surface area contributed by atoms with E-state index in [9.17, 15) is 14.4 Å². The Labute approximate surface area is 175 Å². The van der Waals surface area contributed by atoms with Crippen molar-refractivity contribution in [1.29, 1.82) is 0 Å². The van der Waals surface area contributed by atoms with E-state index in [1.54, 1.807) is 24.3 Å². The van der Waals surface area contributed by atoms with Gasteiger partial charge in [-0.2, -0.15) is 0 Å². The summed E-state index contributed by atoms with van der Waals surface area (Å²) in [6.07, 6.45) is 2.82. The molecule has 9 heteroatoms. The summed E-state index contributed by atoms with van der Waals surface area (Å²) in [4.78, 5) is 35.4. The van der Waals surface area contributed by atoms with E-state index in [4.69, 9.17) is 21.7 Å². The minimum absolute atomic E-state index is 0.00412. The summed E-state index contributed by atoms with van der Waals surface area (Å²) >= 11 is 5.10. The lowest BCUT2D eigenvalue weighted by Crippen LogP contribution is -2.34. The number of thiocarbonyl (C=S) groups is 1. The Morgan fingerprint density at radius 3 is 2.62 bits per heavy atom. The minimum Gasteiger partial charge on any atom is -0.466 e. The number of nitrogens with one attached hydrogen (secondary N) is 3. The second-order valence-corrected chi connectivity index (χ2v) is 7.05. The highest BCUT2D eigenvalue weighted by Gasteiger charge is 2.16. The van der Waals surface area contributed by atoms with Crippen molar-refractivity contribution in [1.82, 2.24) is 10.6 Å². The number of hydrogen-bond donors (Lipinski definition) is 3. The zero-order valence-electron chi connectivity index (χ0n) is 16.5. The summed E-state index contributed by atoms with van der Waals surface area (Å²) in [6.45, 7) is 3.50. The van der Waals surface area contributed by atoms with Crippen molar-refractivity contribution in [3.63, 3.8) is 0 Å². The third-order valence-corrected chi connectivity index (χ3v) is 4.40. The van der Waals surface area contributed by atoms with Crippen LogP contribution in [0.25, 0.3) is 0 Å². The van der Waals surface area contributed by atoms with E-state index in [-0.39, 0.29) is 35.9 Å². The molecule has 2 rings (SSSR count). The zero-order chi connectivity index (χ0) is 21.1. The number of carbonyl (C=O) groups excluding carboxylic acids is 3. The quantitative estimate of drug-likeness (QED) is 0.414. The van der Waals surface area contributed by atoms with E-state index >= 15 is 0 Å². The smallest absolute Gasteiger partial charge is 0.306 e. The van der Waals surface area contributed by atoms with Crippen LogP contribution in [0.4, 0.5) is 5.69 Å². The van der Waals surface area contributed by atoms with Crippen molar-refractivity contribution in [2.24, 2.45) is 0 Å². The van der Waals surface area contributed by atoms with Crippen LogP contribution in [0, 0.1) is 0 Å². The molecule has 0 aromatic heterocycles. The summed E-state index contributed by atoms with van der Waals surface area (Å²) in [5, 5.41) is 8.35. The van der Waals surface area contributed by atoms with E-state index in [1.807, 2.05) is 6.92 Å². The lowest BCUT2D eigenvalue weighted by atomic mass is 10.2. The van der Waals surface area contributed by atoms with E-state index in [0.717, 1.165) is 25.9 Å². The van der Waals surface area contributed by atoms with E-state index in [1.165, 1.54) is 0 Å². The molecule has 0 bridgehead atoms. The van der Waals surface area contributed by atoms with Gasteiger partial charge in [-0.25, -0.2) is 0 Å². The van der Waals surface area contributed by atoms with E-state index in [0.29, 0.717) is 24.4 Å². The lowest BCUT2D eigenvalue weighted by molar-refractivity contribution is -0.144. The Kier molecular flexibility index (Phi) is 9.52. The Hall–Kier alpha value is -2.52. The van der Waals surface area contributed by atoms with Crippen LogP contribution in [0.1, 0.15) is 49.4 Å². The van der Waals surface area contributed by atoms with Crippen molar-refractivity contribution in [2.45, 2.75) is 45.1 Å². The summed E-state index contributed by atoms with van der Waals surface area (Å²) in [5.41, 5.74) is 1.16. The number of carbonyl (C=O) groups is 3. The van der Waals surface area contributed by atoms with Crippen LogP contribution in [-0.4, -0.2) is 48.8 Å². The number of amides is 2.